The number of likely N-dealkylation sites (tertiary alicyclic amines) is 1. The first-order valence-corrected chi connectivity index (χ1v) is 13.0. The number of hydrogen-bond donors (Lipinski definition) is 2. The molecule has 4 fully saturated rings. The Morgan fingerprint density at radius 2 is 1.68 bits per heavy atom. The first-order chi connectivity index (χ1) is 16.7. The zero-order valence-electron chi connectivity index (χ0n) is 19.8. The summed E-state index contributed by atoms with van der Waals surface area (Å²) in [4.78, 5) is 14.6. The maximum absolute atomic E-state index is 11.9. The van der Waals surface area contributed by atoms with Crippen LogP contribution in [0.4, 0.5) is 11.5 Å². The molecular formula is C27H35N5O2. The van der Waals surface area contributed by atoms with Crippen molar-refractivity contribution in [2.24, 2.45) is 23.7 Å². The highest BCUT2D eigenvalue weighted by molar-refractivity contribution is 5.94. The lowest BCUT2D eigenvalue weighted by molar-refractivity contribution is -0.117. The Bertz CT molecular complexity index is 971. The smallest absolute Gasteiger partial charge is 0.227 e. The van der Waals surface area contributed by atoms with Gasteiger partial charge in [-0.15, -0.1) is 10.2 Å². The maximum atomic E-state index is 11.9. The molecule has 0 bridgehead atoms. The third-order valence-corrected chi connectivity index (χ3v) is 8.10. The summed E-state index contributed by atoms with van der Waals surface area (Å²) in [5, 5.41) is 15.5. The SMILES string of the molecule is O=C(Nc1ccc(-c2ccc(NC3C[C@@H]4CN(CC5CCOCC5)C[C@@H]4C3)nn2)cc1)C1CC1. The van der Waals surface area contributed by atoms with Crippen molar-refractivity contribution in [3.05, 3.63) is 36.4 Å². The van der Waals surface area contributed by atoms with Crippen LogP contribution in [0.15, 0.2) is 36.4 Å². The van der Waals surface area contributed by atoms with Crippen molar-refractivity contribution in [3.8, 4) is 11.3 Å². The molecule has 3 heterocycles. The standard InChI is InChI=1S/C27H35N5O2/c33-27(20-1-2-20)29-23-5-3-19(4-6-23)25-7-8-26(31-30-25)28-24-13-21-16-32(17-22(21)14-24)15-18-9-11-34-12-10-18/h3-8,18,20-22,24H,1-2,9-17H2,(H,28,31)(H,29,33)/t21-,22+,24?. The summed E-state index contributed by atoms with van der Waals surface area (Å²) >= 11 is 0. The first-order valence-electron chi connectivity index (χ1n) is 13.0. The van der Waals surface area contributed by atoms with Crippen LogP contribution in [-0.2, 0) is 9.53 Å². The fourth-order valence-electron chi connectivity index (χ4n) is 6.04. The normalized spacial score (nSPS) is 27.5. The van der Waals surface area contributed by atoms with Crippen LogP contribution >= 0.6 is 0 Å². The molecule has 1 aromatic heterocycles. The lowest BCUT2D eigenvalue weighted by atomic mass is 10.00. The van der Waals surface area contributed by atoms with Crippen LogP contribution < -0.4 is 10.6 Å². The molecule has 180 valence electrons. The summed E-state index contributed by atoms with van der Waals surface area (Å²) in [5.74, 6) is 3.65. The number of carbonyl (C=O) groups excluding carboxylic acids is 1. The van der Waals surface area contributed by atoms with E-state index in [-0.39, 0.29) is 11.8 Å². The molecule has 0 radical (unpaired) electrons. The zero-order chi connectivity index (χ0) is 22.9. The van der Waals surface area contributed by atoms with E-state index in [1.807, 2.05) is 36.4 Å². The quantitative estimate of drug-likeness (QED) is 0.648. The van der Waals surface area contributed by atoms with Gasteiger partial charge in [0.1, 0.15) is 5.82 Å². The number of rotatable bonds is 7. The summed E-state index contributed by atoms with van der Waals surface area (Å²) in [6, 6.07) is 12.4. The Morgan fingerprint density at radius 1 is 0.941 bits per heavy atom. The van der Waals surface area contributed by atoms with Crippen molar-refractivity contribution in [1.82, 2.24) is 15.1 Å². The van der Waals surface area contributed by atoms with Crippen molar-refractivity contribution >= 4 is 17.4 Å². The van der Waals surface area contributed by atoms with Gasteiger partial charge in [0, 0.05) is 56.1 Å². The first kappa shape index (κ1) is 22.0. The van der Waals surface area contributed by atoms with Crippen LogP contribution in [0.25, 0.3) is 11.3 Å². The highest BCUT2D eigenvalue weighted by Crippen LogP contribution is 2.39. The number of amides is 1. The average molecular weight is 462 g/mol. The molecule has 2 aliphatic heterocycles. The van der Waals surface area contributed by atoms with E-state index >= 15 is 0 Å². The average Bonchev–Trinajstić information content (AvgIpc) is 3.56. The molecule has 1 unspecified atom stereocenters. The van der Waals surface area contributed by atoms with Gasteiger partial charge in [0.05, 0.1) is 5.69 Å². The molecule has 4 aliphatic rings. The lowest BCUT2D eigenvalue weighted by Gasteiger charge is -2.27. The van der Waals surface area contributed by atoms with Gasteiger partial charge in [-0.2, -0.15) is 0 Å². The van der Waals surface area contributed by atoms with Crippen LogP contribution in [0.3, 0.4) is 0 Å². The van der Waals surface area contributed by atoms with Gasteiger partial charge in [-0.3, -0.25) is 4.79 Å². The number of aromatic nitrogens is 2. The van der Waals surface area contributed by atoms with E-state index < -0.39 is 0 Å². The fourth-order valence-corrected chi connectivity index (χ4v) is 6.04. The summed E-state index contributed by atoms with van der Waals surface area (Å²) in [6.45, 7) is 5.65. The third-order valence-electron chi connectivity index (χ3n) is 8.10. The number of anilines is 2. The molecular weight excluding hydrogens is 426 g/mol. The molecule has 2 N–H and O–H groups in total. The minimum atomic E-state index is 0.131. The molecule has 2 saturated heterocycles. The second-order valence-electron chi connectivity index (χ2n) is 10.8. The largest absolute Gasteiger partial charge is 0.381 e. The monoisotopic (exact) mass is 461 g/mol. The molecule has 7 heteroatoms. The highest BCUT2D eigenvalue weighted by atomic mass is 16.5. The van der Waals surface area contributed by atoms with E-state index in [1.54, 1.807) is 0 Å². The van der Waals surface area contributed by atoms with Crippen molar-refractivity contribution in [2.45, 2.75) is 44.6 Å². The molecule has 34 heavy (non-hydrogen) atoms. The summed E-state index contributed by atoms with van der Waals surface area (Å²) in [5.41, 5.74) is 2.69. The van der Waals surface area contributed by atoms with Gasteiger partial charge < -0.3 is 20.3 Å². The lowest BCUT2D eigenvalue weighted by Crippen LogP contribution is -2.32. The van der Waals surface area contributed by atoms with Crippen LogP contribution in [0.5, 0.6) is 0 Å². The molecule has 1 aromatic carbocycles. The van der Waals surface area contributed by atoms with Crippen LogP contribution in [0.2, 0.25) is 0 Å². The number of benzene rings is 1. The summed E-state index contributed by atoms with van der Waals surface area (Å²) in [6.07, 6.45) is 6.94. The van der Waals surface area contributed by atoms with Gasteiger partial charge in [0.25, 0.3) is 0 Å². The van der Waals surface area contributed by atoms with Crippen LogP contribution in [-0.4, -0.2) is 59.9 Å². The number of ether oxygens (including phenoxy) is 1. The summed E-state index contributed by atoms with van der Waals surface area (Å²) in [7, 11) is 0. The van der Waals surface area contributed by atoms with Crippen molar-refractivity contribution < 1.29 is 9.53 Å². The Labute approximate surface area is 201 Å². The van der Waals surface area contributed by atoms with E-state index in [0.29, 0.717) is 6.04 Å². The van der Waals surface area contributed by atoms with Crippen molar-refractivity contribution in [1.29, 1.82) is 0 Å². The minimum absolute atomic E-state index is 0.131. The molecule has 0 spiro atoms. The Balaban J connectivity index is 0.985. The van der Waals surface area contributed by atoms with Gasteiger partial charge in [-0.25, -0.2) is 0 Å². The number of nitrogens with zero attached hydrogens (tertiary/aromatic N) is 3. The molecule has 2 aliphatic carbocycles. The second kappa shape index (κ2) is 9.62. The Morgan fingerprint density at radius 3 is 2.32 bits per heavy atom. The van der Waals surface area contributed by atoms with E-state index in [2.05, 4.69) is 25.7 Å². The molecule has 2 aromatic rings. The minimum Gasteiger partial charge on any atom is -0.381 e. The second-order valence-corrected chi connectivity index (χ2v) is 10.8. The van der Waals surface area contributed by atoms with Crippen molar-refractivity contribution in [2.75, 3.05) is 43.5 Å². The molecule has 1 amide bonds. The maximum Gasteiger partial charge on any atom is 0.227 e. The molecule has 3 atom stereocenters. The van der Waals surface area contributed by atoms with Crippen LogP contribution in [0.1, 0.15) is 38.5 Å². The number of hydrogen-bond acceptors (Lipinski definition) is 6. The predicted octanol–water partition coefficient (Wildman–Crippen LogP) is 4.04. The third kappa shape index (κ3) is 5.10. The molecule has 7 nitrogen and oxygen atoms in total. The van der Waals surface area contributed by atoms with E-state index in [9.17, 15) is 4.79 Å². The topological polar surface area (TPSA) is 79.4 Å². The van der Waals surface area contributed by atoms with Gasteiger partial charge in [-0.1, -0.05) is 12.1 Å². The fraction of sp³-hybridized carbons (Fsp3) is 0.593. The van der Waals surface area contributed by atoms with E-state index in [0.717, 1.165) is 66.6 Å². The number of fused-ring (bicyclic) bond motifs is 1. The van der Waals surface area contributed by atoms with Crippen LogP contribution in [0, 0.1) is 23.7 Å². The summed E-state index contributed by atoms with van der Waals surface area (Å²) < 4.78 is 5.52. The van der Waals surface area contributed by atoms with E-state index in [4.69, 9.17) is 4.74 Å². The molecule has 2 saturated carbocycles. The van der Waals surface area contributed by atoms with E-state index in [1.165, 1.54) is 45.3 Å². The van der Waals surface area contributed by atoms with Gasteiger partial charge in [0.15, 0.2) is 0 Å². The number of nitrogens with one attached hydrogen (secondary N) is 2. The predicted molar refractivity (Wildman–Crippen MR) is 132 cm³/mol. The molecule has 6 rings (SSSR count). The highest BCUT2D eigenvalue weighted by Gasteiger charge is 2.41. The van der Waals surface area contributed by atoms with Gasteiger partial charge in [-0.05, 0) is 80.5 Å². The Hall–Kier alpha value is -2.51. The zero-order valence-corrected chi connectivity index (χ0v) is 19.8. The van der Waals surface area contributed by atoms with Gasteiger partial charge >= 0.3 is 0 Å². The van der Waals surface area contributed by atoms with Gasteiger partial charge in [0.2, 0.25) is 5.91 Å². The number of carbonyl (C=O) groups is 1. The Kier molecular flexibility index (Phi) is 6.22. The van der Waals surface area contributed by atoms with Crippen molar-refractivity contribution in [3.63, 3.8) is 0 Å².